The molecule has 1 aliphatic heterocycles. The first kappa shape index (κ1) is 6.66. The lowest BCUT2D eigenvalue weighted by Crippen LogP contribution is -1.90. The van der Waals surface area contributed by atoms with Crippen LogP contribution in [0.2, 0.25) is 0 Å². The minimum atomic E-state index is -0.440. The first-order chi connectivity index (χ1) is 5.29. The Kier molecular flexibility index (Phi) is 1.35. The van der Waals surface area contributed by atoms with E-state index in [-0.39, 0.29) is 5.82 Å². The molecule has 2 rings (SSSR count). The maximum absolute atomic E-state index is 10.3. The highest BCUT2D eigenvalue weighted by molar-refractivity contribution is 7.99. The van der Waals surface area contributed by atoms with Gasteiger partial charge in [-0.15, -0.1) is 0 Å². The highest BCUT2D eigenvalue weighted by Gasteiger charge is 2.25. The number of thioether (sulfide) groups is 1. The molecule has 5 nitrogen and oxygen atoms in total. The number of aromatic nitrogens is 2. The van der Waals surface area contributed by atoms with Crippen LogP contribution < -0.4 is 0 Å². The van der Waals surface area contributed by atoms with E-state index in [0.29, 0.717) is 5.03 Å². The van der Waals surface area contributed by atoms with Crippen molar-refractivity contribution in [2.45, 2.75) is 11.6 Å². The van der Waals surface area contributed by atoms with Crippen LogP contribution in [0.1, 0.15) is 0 Å². The van der Waals surface area contributed by atoms with E-state index in [9.17, 15) is 10.1 Å². The van der Waals surface area contributed by atoms with E-state index in [0.717, 1.165) is 12.3 Å². The minimum Gasteiger partial charge on any atom is -0.358 e. The smallest absolute Gasteiger partial charge is 0.358 e. The summed E-state index contributed by atoms with van der Waals surface area (Å²) in [5.41, 5.74) is 0. The second-order valence-corrected chi connectivity index (χ2v) is 3.26. The van der Waals surface area contributed by atoms with Crippen molar-refractivity contribution in [1.82, 2.24) is 9.55 Å². The fourth-order valence-electron chi connectivity index (χ4n) is 1.03. The molecule has 1 aliphatic rings. The summed E-state index contributed by atoms with van der Waals surface area (Å²) in [6.07, 6.45) is 1.52. The van der Waals surface area contributed by atoms with Gasteiger partial charge in [0, 0.05) is 12.3 Å². The summed E-state index contributed by atoms with van der Waals surface area (Å²) < 4.78 is 1.81. The van der Waals surface area contributed by atoms with E-state index in [2.05, 4.69) is 4.98 Å². The summed E-state index contributed by atoms with van der Waals surface area (Å²) in [4.78, 5) is 13.6. The van der Waals surface area contributed by atoms with Crippen LogP contribution in [0, 0.1) is 10.1 Å². The van der Waals surface area contributed by atoms with Gasteiger partial charge in [-0.2, -0.15) is 0 Å². The molecule has 0 aromatic carbocycles. The molecule has 58 valence electrons. The van der Waals surface area contributed by atoms with Gasteiger partial charge in [0.05, 0.1) is 0 Å². The van der Waals surface area contributed by atoms with Gasteiger partial charge in [0.1, 0.15) is 0 Å². The molecule has 0 aliphatic carbocycles. The normalized spacial score (nSPS) is 14.9. The Hall–Kier alpha value is -1.04. The van der Waals surface area contributed by atoms with Crippen LogP contribution >= 0.6 is 11.8 Å². The molecule has 0 saturated heterocycles. The molecular formula is C5H5N3O2S. The van der Waals surface area contributed by atoms with Gasteiger partial charge < -0.3 is 10.1 Å². The highest BCUT2D eigenvalue weighted by Crippen LogP contribution is 2.32. The molecule has 0 saturated carbocycles. The van der Waals surface area contributed by atoms with Crippen molar-refractivity contribution in [2.75, 3.05) is 5.75 Å². The van der Waals surface area contributed by atoms with Gasteiger partial charge in [-0.05, 0) is 9.91 Å². The maximum atomic E-state index is 10.3. The first-order valence-electron chi connectivity index (χ1n) is 3.11. The number of hydrogen-bond acceptors (Lipinski definition) is 4. The quantitative estimate of drug-likeness (QED) is 0.465. The van der Waals surface area contributed by atoms with Crippen molar-refractivity contribution in [3.63, 3.8) is 0 Å². The van der Waals surface area contributed by atoms with Crippen molar-refractivity contribution in [1.29, 1.82) is 0 Å². The molecule has 0 bridgehead atoms. The maximum Gasteiger partial charge on any atom is 0.395 e. The predicted molar refractivity (Wildman–Crippen MR) is 39.6 cm³/mol. The highest BCUT2D eigenvalue weighted by atomic mass is 32.2. The average Bonchev–Trinajstić information content (AvgIpc) is 2.41. The largest absolute Gasteiger partial charge is 0.395 e. The van der Waals surface area contributed by atoms with Crippen molar-refractivity contribution in [3.05, 3.63) is 16.4 Å². The van der Waals surface area contributed by atoms with Crippen LogP contribution in [0.25, 0.3) is 0 Å². The number of nitrogens with zero attached hydrogens (tertiary/aromatic N) is 3. The van der Waals surface area contributed by atoms with Gasteiger partial charge in [-0.25, -0.2) is 0 Å². The number of fused-ring (bicyclic) bond motifs is 1. The minimum absolute atomic E-state index is 0.00694. The zero-order valence-corrected chi connectivity index (χ0v) is 6.37. The second-order valence-electron chi connectivity index (χ2n) is 2.17. The molecule has 0 fully saturated rings. The van der Waals surface area contributed by atoms with Crippen LogP contribution in [0.3, 0.4) is 0 Å². The van der Waals surface area contributed by atoms with Gasteiger partial charge in [0.25, 0.3) is 0 Å². The Morgan fingerprint density at radius 3 is 3.36 bits per heavy atom. The molecule has 1 aromatic rings. The molecule has 0 atom stereocenters. The van der Waals surface area contributed by atoms with Crippen LogP contribution in [-0.2, 0) is 6.54 Å². The summed E-state index contributed by atoms with van der Waals surface area (Å²) in [6.45, 7) is 0.834. The number of aryl methyl sites for hydroxylation is 1. The van der Waals surface area contributed by atoms with E-state index in [4.69, 9.17) is 0 Å². The fraction of sp³-hybridized carbons (Fsp3) is 0.400. The van der Waals surface area contributed by atoms with E-state index in [1.165, 1.54) is 18.1 Å². The standard InChI is InChI=1S/C5H5N3O2S/c9-8(10)4-5-7(3-6-4)1-2-11-5/h3H,1-2H2. The zero-order chi connectivity index (χ0) is 7.84. The number of imidazole rings is 1. The van der Waals surface area contributed by atoms with Crippen LogP contribution in [0.5, 0.6) is 0 Å². The summed E-state index contributed by atoms with van der Waals surface area (Å²) in [7, 11) is 0. The number of hydrogen-bond donors (Lipinski definition) is 0. The Morgan fingerprint density at radius 2 is 2.64 bits per heavy atom. The van der Waals surface area contributed by atoms with Crippen molar-refractivity contribution >= 4 is 17.6 Å². The van der Waals surface area contributed by atoms with E-state index in [1.807, 2.05) is 4.57 Å². The molecular weight excluding hydrogens is 166 g/mol. The predicted octanol–water partition coefficient (Wildman–Crippen LogP) is 0.897. The van der Waals surface area contributed by atoms with Crippen molar-refractivity contribution in [2.24, 2.45) is 0 Å². The Bertz CT molecular complexity index is 309. The third kappa shape index (κ3) is 0.900. The lowest BCUT2D eigenvalue weighted by atomic mass is 10.7. The Labute approximate surface area is 66.6 Å². The third-order valence-electron chi connectivity index (χ3n) is 1.52. The van der Waals surface area contributed by atoms with Crippen molar-refractivity contribution in [3.8, 4) is 0 Å². The van der Waals surface area contributed by atoms with E-state index < -0.39 is 4.92 Å². The lowest BCUT2D eigenvalue weighted by molar-refractivity contribution is -0.392. The molecule has 0 radical (unpaired) electrons. The Morgan fingerprint density at radius 1 is 1.82 bits per heavy atom. The molecule has 6 heteroatoms. The van der Waals surface area contributed by atoms with Gasteiger partial charge in [-0.1, -0.05) is 11.8 Å². The average molecular weight is 171 g/mol. The van der Waals surface area contributed by atoms with E-state index in [1.54, 1.807) is 0 Å². The van der Waals surface area contributed by atoms with E-state index >= 15 is 0 Å². The molecule has 0 spiro atoms. The van der Waals surface area contributed by atoms with Gasteiger partial charge >= 0.3 is 5.82 Å². The summed E-state index contributed by atoms with van der Waals surface area (Å²) in [5, 5.41) is 11.0. The van der Waals surface area contributed by atoms with Crippen LogP contribution in [0.15, 0.2) is 11.4 Å². The fourth-order valence-corrected chi connectivity index (χ4v) is 2.08. The summed E-state index contributed by atoms with van der Waals surface area (Å²) in [5.74, 6) is 0.908. The lowest BCUT2D eigenvalue weighted by Gasteiger charge is -1.89. The van der Waals surface area contributed by atoms with Gasteiger partial charge in [0.2, 0.25) is 6.33 Å². The molecule has 0 unspecified atom stereocenters. The van der Waals surface area contributed by atoms with Gasteiger partial charge in [-0.3, -0.25) is 4.57 Å². The third-order valence-corrected chi connectivity index (χ3v) is 2.59. The zero-order valence-electron chi connectivity index (χ0n) is 5.56. The second kappa shape index (κ2) is 2.23. The monoisotopic (exact) mass is 171 g/mol. The van der Waals surface area contributed by atoms with Gasteiger partial charge in [0.15, 0.2) is 5.03 Å². The molecule has 2 heterocycles. The SMILES string of the molecule is O=[N+]([O-])c1ncn2c1SCC2. The molecule has 1 aromatic heterocycles. The van der Waals surface area contributed by atoms with Crippen molar-refractivity contribution < 1.29 is 4.92 Å². The molecule has 0 amide bonds. The summed E-state index contributed by atoms with van der Waals surface area (Å²) >= 11 is 1.49. The number of rotatable bonds is 1. The topological polar surface area (TPSA) is 61.0 Å². The summed E-state index contributed by atoms with van der Waals surface area (Å²) in [6, 6.07) is 0. The first-order valence-corrected chi connectivity index (χ1v) is 4.10. The van der Waals surface area contributed by atoms with Crippen LogP contribution in [-0.4, -0.2) is 20.2 Å². The Balaban J connectivity index is 2.50. The molecule has 11 heavy (non-hydrogen) atoms. The van der Waals surface area contributed by atoms with Crippen LogP contribution in [0.4, 0.5) is 5.82 Å². The molecule has 0 N–H and O–H groups in total. The number of nitro groups is 1.